The minimum absolute atomic E-state index is 0.0849. The minimum atomic E-state index is -0.190. The van der Waals surface area contributed by atoms with Crippen molar-refractivity contribution in [3.63, 3.8) is 0 Å². The Morgan fingerprint density at radius 2 is 2.06 bits per heavy atom. The lowest BCUT2D eigenvalue weighted by atomic mass is 9.92. The van der Waals surface area contributed by atoms with Gasteiger partial charge in [0.1, 0.15) is 5.82 Å². The van der Waals surface area contributed by atoms with Gasteiger partial charge in [0.25, 0.3) is 0 Å². The zero-order chi connectivity index (χ0) is 12.7. The van der Waals surface area contributed by atoms with Crippen LogP contribution >= 0.6 is 0 Å². The van der Waals surface area contributed by atoms with E-state index in [1.54, 1.807) is 6.07 Å². The van der Waals surface area contributed by atoms with E-state index in [-0.39, 0.29) is 11.9 Å². The van der Waals surface area contributed by atoms with Crippen LogP contribution in [0, 0.1) is 11.7 Å². The molecule has 1 saturated carbocycles. The first-order chi connectivity index (χ1) is 8.66. The fourth-order valence-corrected chi connectivity index (χ4v) is 3.22. The van der Waals surface area contributed by atoms with Gasteiger partial charge < -0.3 is 10.3 Å². The van der Waals surface area contributed by atoms with Gasteiger partial charge in [0, 0.05) is 24.7 Å². The molecule has 1 aromatic carbocycles. The second-order valence-corrected chi connectivity index (χ2v) is 5.43. The highest BCUT2D eigenvalue weighted by molar-refractivity contribution is 5.84. The Labute approximate surface area is 107 Å². The molecule has 1 aliphatic carbocycles. The lowest BCUT2D eigenvalue weighted by Crippen LogP contribution is -2.18. The molecule has 2 aromatic rings. The molecule has 0 amide bonds. The molecule has 3 rings (SSSR count). The van der Waals surface area contributed by atoms with Gasteiger partial charge >= 0.3 is 0 Å². The van der Waals surface area contributed by atoms with Crippen molar-refractivity contribution in [2.24, 2.45) is 18.7 Å². The van der Waals surface area contributed by atoms with Gasteiger partial charge in [-0.25, -0.2) is 4.39 Å². The van der Waals surface area contributed by atoms with Gasteiger partial charge in [-0.05, 0) is 42.5 Å². The van der Waals surface area contributed by atoms with Crippen molar-refractivity contribution in [3.8, 4) is 0 Å². The molecule has 0 bridgehead atoms. The summed E-state index contributed by atoms with van der Waals surface area (Å²) < 4.78 is 15.3. The van der Waals surface area contributed by atoms with E-state index >= 15 is 0 Å². The largest absolute Gasteiger partial charge is 0.350 e. The molecule has 1 unspecified atom stereocenters. The van der Waals surface area contributed by atoms with E-state index in [0.29, 0.717) is 5.92 Å². The van der Waals surface area contributed by atoms with Crippen LogP contribution in [0.25, 0.3) is 10.9 Å². The van der Waals surface area contributed by atoms with Crippen molar-refractivity contribution >= 4 is 10.9 Å². The summed E-state index contributed by atoms with van der Waals surface area (Å²) in [6.07, 6.45) is 7.08. The average Bonchev–Trinajstić information content (AvgIpc) is 2.97. The molecule has 2 nitrogen and oxygen atoms in total. The standard InChI is InChI=1S/C15H19FN2/c1-18-9-13(15(17)10-4-2-3-5-10)12-7-6-11(16)8-14(12)18/h6-10,15H,2-5,17H2,1H3. The Kier molecular flexibility index (Phi) is 2.86. The number of halogens is 1. The molecular formula is C15H19FN2. The summed E-state index contributed by atoms with van der Waals surface area (Å²) in [6.45, 7) is 0. The first-order valence-corrected chi connectivity index (χ1v) is 6.67. The van der Waals surface area contributed by atoms with E-state index in [1.807, 2.05) is 17.7 Å². The lowest BCUT2D eigenvalue weighted by Gasteiger charge is -2.18. The van der Waals surface area contributed by atoms with Gasteiger partial charge in [0.15, 0.2) is 0 Å². The maximum atomic E-state index is 13.3. The SMILES string of the molecule is Cn1cc(C(N)C2CCCC2)c2ccc(F)cc21. The summed E-state index contributed by atoms with van der Waals surface area (Å²) in [5.41, 5.74) is 8.51. The van der Waals surface area contributed by atoms with Crippen molar-refractivity contribution in [3.05, 3.63) is 35.8 Å². The summed E-state index contributed by atoms with van der Waals surface area (Å²) in [5, 5.41) is 1.10. The number of benzene rings is 1. The minimum Gasteiger partial charge on any atom is -0.350 e. The van der Waals surface area contributed by atoms with Crippen LogP contribution in [0.3, 0.4) is 0 Å². The first kappa shape index (κ1) is 11.7. The van der Waals surface area contributed by atoms with Gasteiger partial charge in [-0.3, -0.25) is 0 Å². The second-order valence-electron chi connectivity index (χ2n) is 5.43. The van der Waals surface area contributed by atoms with Crippen LogP contribution in [-0.2, 0) is 7.05 Å². The Morgan fingerprint density at radius 1 is 1.33 bits per heavy atom. The number of rotatable bonds is 2. The fraction of sp³-hybridized carbons (Fsp3) is 0.467. The van der Waals surface area contributed by atoms with Crippen LogP contribution < -0.4 is 5.73 Å². The highest BCUT2D eigenvalue weighted by atomic mass is 19.1. The van der Waals surface area contributed by atoms with E-state index in [1.165, 1.54) is 37.3 Å². The number of aryl methyl sites for hydroxylation is 1. The number of hydrogen-bond donors (Lipinski definition) is 1. The average molecular weight is 246 g/mol. The third kappa shape index (κ3) is 1.83. The van der Waals surface area contributed by atoms with Crippen molar-refractivity contribution in [2.75, 3.05) is 0 Å². The molecule has 1 fully saturated rings. The number of nitrogens with two attached hydrogens (primary N) is 1. The van der Waals surface area contributed by atoms with Gasteiger partial charge in [0.2, 0.25) is 0 Å². The zero-order valence-electron chi connectivity index (χ0n) is 10.7. The van der Waals surface area contributed by atoms with Crippen LogP contribution in [0.1, 0.15) is 37.3 Å². The molecule has 0 spiro atoms. The quantitative estimate of drug-likeness (QED) is 0.863. The summed E-state index contributed by atoms with van der Waals surface area (Å²) in [4.78, 5) is 0. The number of fused-ring (bicyclic) bond motifs is 1. The Bertz CT molecular complexity index is 567. The predicted octanol–water partition coefficient (Wildman–Crippen LogP) is 3.51. The summed E-state index contributed by atoms with van der Waals surface area (Å²) >= 11 is 0. The van der Waals surface area contributed by atoms with E-state index in [2.05, 4.69) is 6.20 Å². The van der Waals surface area contributed by atoms with Gasteiger partial charge in [-0.15, -0.1) is 0 Å². The highest BCUT2D eigenvalue weighted by Crippen LogP contribution is 2.37. The molecule has 0 saturated heterocycles. The van der Waals surface area contributed by atoms with Crippen molar-refractivity contribution in [1.82, 2.24) is 4.57 Å². The summed E-state index contributed by atoms with van der Waals surface area (Å²) in [5.74, 6) is 0.394. The Balaban J connectivity index is 2.06. The van der Waals surface area contributed by atoms with Crippen LogP contribution in [-0.4, -0.2) is 4.57 Å². The van der Waals surface area contributed by atoms with Crippen LogP contribution in [0.2, 0.25) is 0 Å². The number of aromatic nitrogens is 1. The lowest BCUT2D eigenvalue weighted by molar-refractivity contribution is 0.446. The molecule has 2 N–H and O–H groups in total. The smallest absolute Gasteiger partial charge is 0.125 e. The number of hydrogen-bond acceptors (Lipinski definition) is 1. The molecule has 1 aromatic heterocycles. The van der Waals surface area contributed by atoms with E-state index in [9.17, 15) is 4.39 Å². The molecule has 96 valence electrons. The molecular weight excluding hydrogens is 227 g/mol. The molecule has 1 aliphatic rings. The van der Waals surface area contributed by atoms with Gasteiger partial charge in [0.05, 0.1) is 5.52 Å². The predicted molar refractivity (Wildman–Crippen MR) is 71.8 cm³/mol. The normalized spacial score (nSPS) is 18.6. The van der Waals surface area contributed by atoms with E-state index in [4.69, 9.17) is 5.73 Å². The molecule has 18 heavy (non-hydrogen) atoms. The highest BCUT2D eigenvalue weighted by Gasteiger charge is 2.25. The van der Waals surface area contributed by atoms with Gasteiger partial charge in [-0.1, -0.05) is 12.8 Å². The summed E-state index contributed by atoms with van der Waals surface area (Å²) in [7, 11) is 1.95. The third-order valence-electron chi connectivity index (χ3n) is 4.25. The first-order valence-electron chi connectivity index (χ1n) is 6.67. The fourth-order valence-electron chi connectivity index (χ4n) is 3.22. The van der Waals surface area contributed by atoms with Crippen LogP contribution in [0.4, 0.5) is 4.39 Å². The molecule has 3 heteroatoms. The van der Waals surface area contributed by atoms with Gasteiger partial charge in [-0.2, -0.15) is 0 Å². The monoisotopic (exact) mass is 246 g/mol. The molecule has 0 radical (unpaired) electrons. The zero-order valence-corrected chi connectivity index (χ0v) is 10.7. The topological polar surface area (TPSA) is 30.9 Å². The van der Waals surface area contributed by atoms with E-state index < -0.39 is 0 Å². The Hall–Kier alpha value is -1.35. The molecule has 1 atom stereocenters. The van der Waals surface area contributed by atoms with Crippen LogP contribution in [0.15, 0.2) is 24.4 Å². The number of nitrogens with zero attached hydrogens (tertiary/aromatic N) is 1. The second kappa shape index (κ2) is 4.39. The summed E-state index contributed by atoms with van der Waals surface area (Å²) in [6, 6.07) is 5.05. The van der Waals surface area contributed by atoms with E-state index in [0.717, 1.165) is 10.9 Å². The Morgan fingerprint density at radius 3 is 2.78 bits per heavy atom. The van der Waals surface area contributed by atoms with Crippen molar-refractivity contribution in [1.29, 1.82) is 0 Å². The van der Waals surface area contributed by atoms with Crippen molar-refractivity contribution in [2.45, 2.75) is 31.7 Å². The maximum Gasteiger partial charge on any atom is 0.125 e. The van der Waals surface area contributed by atoms with Crippen LogP contribution in [0.5, 0.6) is 0 Å². The van der Waals surface area contributed by atoms with Crippen molar-refractivity contribution < 1.29 is 4.39 Å². The molecule has 0 aliphatic heterocycles. The molecule has 1 heterocycles. The third-order valence-corrected chi connectivity index (χ3v) is 4.25. The maximum absolute atomic E-state index is 13.3.